The third-order valence-electron chi connectivity index (χ3n) is 3.60. The van der Waals surface area contributed by atoms with Crippen molar-refractivity contribution in [2.24, 2.45) is 17.2 Å². The van der Waals surface area contributed by atoms with E-state index in [-0.39, 0.29) is 5.82 Å². The van der Waals surface area contributed by atoms with E-state index >= 15 is 0 Å². The van der Waals surface area contributed by atoms with Crippen molar-refractivity contribution in [3.8, 4) is 5.75 Å². The Bertz CT molecular complexity index is 791. The van der Waals surface area contributed by atoms with E-state index in [1.165, 1.54) is 0 Å². The second-order valence-corrected chi connectivity index (χ2v) is 5.48. The Kier molecular flexibility index (Phi) is 6.06. The molecule has 0 aromatic heterocycles. The van der Waals surface area contributed by atoms with Gasteiger partial charge in [0.25, 0.3) is 0 Å². The summed E-state index contributed by atoms with van der Waals surface area (Å²) >= 11 is 0. The van der Waals surface area contributed by atoms with Gasteiger partial charge in [-0.15, -0.1) is 0 Å². The largest absolute Gasteiger partial charge is 0.488 e. The summed E-state index contributed by atoms with van der Waals surface area (Å²) in [5.74, 6) is 0.889. The van der Waals surface area contributed by atoms with Gasteiger partial charge in [-0.2, -0.15) is 0 Å². The van der Waals surface area contributed by atoms with Crippen molar-refractivity contribution in [3.05, 3.63) is 77.1 Å². The van der Waals surface area contributed by atoms with E-state index in [0.717, 1.165) is 16.8 Å². The zero-order valence-corrected chi connectivity index (χ0v) is 14.0. The molecule has 25 heavy (non-hydrogen) atoms. The van der Waals surface area contributed by atoms with E-state index in [1.54, 1.807) is 13.0 Å². The number of carbonyl (C=O) groups excluding carboxylic acids is 1. The zero-order chi connectivity index (χ0) is 18.2. The van der Waals surface area contributed by atoms with Crippen LogP contribution >= 0.6 is 0 Å². The molecule has 130 valence electrons. The monoisotopic (exact) mass is 338 g/mol. The van der Waals surface area contributed by atoms with Gasteiger partial charge < -0.3 is 27.3 Å². The van der Waals surface area contributed by atoms with E-state index in [1.807, 2.05) is 48.5 Å². The third-order valence-corrected chi connectivity index (χ3v) is 3.60. The Morgan fingerprint density at radius 1 is 1.08 bits per heavy atom. The minimum Gasteiger partial charge on any atom is -0.488 e. The lowest BCUT2D eigenvalue weighted by atomic mass is 10.1. The molecule has 0 atom stereocenters. The van der Waals surface area contributed by atoms with Gasteiger partial charge in [-0.1, -0.05) is 24.3 Å². The van der Waals surface area contributed by atoms with Crippen LogP contribution in [0.25, 0.3) is 5.70 Å². The van der Waals surface area contributed by atoms with Crippen molar-refractivity contribution < 1.29 is 9.53 Å². The van der Waals surface area contributed by atoms with Gasteiger partial charge in [0.05, 0.1) is 5.82 Å². The van der Waals surface area contributed by atoms with Crippen LogP contribution in [0.3, 0.4) is 0 Å². The number of hydrogen-bond acceptors (Lipinski definition) is 5. The fourth-order valence-corrected chi connectivity index (χ4v) is 2.15. The number of carbonyl (C=O) groups is 1. The molecule has 0 aliphatic heterocycles. The number of nitrogens with one attached hydrogen (secondary N) is 1. The fraction of sp³-hybridized carbons (Fsp3) is 0.105. The molecule has 1 amide bonds. The second kappa shape index (κ2) is 8.44. The van der Waals surface area contributed by atoms with Crippen LogP contribution in [-0.2, 0) is 11.4 Å². The Morgan fingerprint density at radius 2 is 1.76 bits per heavy atom. The fourth-order valence-electron chi connectivity index (χ4n) is 2.15. The molecular formula is C19H22N4O2. The van der Waals surface area contributed by atoms with Crippen LogP contribution in [0.2, 0.25) is 0 Å². The predicted molar refractivity (Wildman–Crippen MR) is 100 cm³/mol. The molecule has 2 rings (SSSR count). The van der Waals surface area contributed by atoms with Gasteiger partial charge in [0.15, 0.2) is 0 Å². The average Bonchev–Trinajstić information content (AvgIpc) is 2.61. The van der Waals surface area contributed by atoms with E-state index in [2.05, 4.69) is 5.32 Å². The van der Waals surface area contributed by atoms with Gasteiger partial charge in [-0.05, 0) is 48.4 Å². The quantitative estimate of drug-likeness (QED) is 0.456. The maximum absolute atomic E-state index is 10.4. The number of anilines is 1. The molecule has 0 fully saturated rings. The van der Waals surface area contributed by atoms with Crippen molar-refractivity contribution in [1.82, 2.24) is 0 Å². The average molecular weight is 338 g/mol. The molecule has 0 bridgehead atoms. The number of nitrogens with two attached hydrogens (primary N) is 3. The zero-order valence-electron chi connectivity index (χ0n) is 14.0. The summed E-state index contributed by atoms with van der Waals surface area (Å²) in [5, 5.41) is 2.59. The van der Waals surface area contributed by atoms with Crippen LogP contribution < -0.4 is 27.3 Å². The minimum absolute atomic E-state index is 0.227. The molecule has 0 saturated carbocycles. The summed E-state index contributed by atoms with van der Waals surface area (Å²) in [6.45, 7) is 2.17. The highest BCUT2D eigenvalue weighted by molar-refractivity contribution is 5.71. The standard InChI is InChI=1S/C19H22N4O2/c1-13(19(21)22)10-17(20)16-4-2-3-5-18(16)25-11-14-6-8-15(9-7-14)23-12-24/h2-10,12H,11,20-22H2,1H3,(H,23,24)/b17-10-. The maximum Gasteiger partial charge on any atom is 0.211 e. The molecule has 0 radical (unpaired) electrons. The number of rotatable bonds is 7. The Hall–Kier alpha value is -3.41. The van der Waals surface area contributed by atoms with Crippen LogP contribution in [0, 0.1) is 0 Å². The summed E-state index contributed by atoms with van der Waals surface area (Å²) in [6, 6.07) is 14.9. The number of para-hydroxylation sites is 1. The van der Waals surface area contributed by atoms with E-state index < -0.39 is 0 Å². The van der Waals surface area contributed by atoms with Gasteiger partial charge in [-0.25, -0.2) is 0 Å². The molecule has 0 aliphatic carbocycles. The molecule has 2 aromatic rings. The highest BCUT2D eigenvalue weighted by atomic mass is 16.5. The first-order chi connectivity index (χ1) is 12.0. The third kappa shape index (κ3) is 5.04. The second-order valence-electron chi connectivity index (χ2n) is 5.48. The van der Waals surface area contributed by atoms with Crippen LogP contribution in [0.15, 0.2) is 66.0 Å². The summed E-state index contributed by atoms with van der Waals surface area (Å²) in [5.41, 5.74) is 21.0. The van der Waals surface area contributed by atoms with Gasteiger partial charge in [0.1, 0.15) is 12.4 Å². The SMILES string of the molecule is CC(/C=C(\N)c1ccccc1OCc1ccc(NC=O)cc1)=C(N)N. The lowest BCUT2D eigenvalue weighted by molar-refractivity contribution is -0.105. The highest BCUT2D eigenvalue weighted by Crippen LogP contribution is 2.25. The summed E-state index contributed by atoms with van der Waals surface area (Å²) in [6.07, 6.45) is 2.36. The smallest absolute Gasteiger partial charge is 0.211 e. The van der Waals surface area contributed by atoms with Crippen molar-refractivity contribution in [3.63, 3.8) is 0 Å². The van der Waals surface area contributed by atoms with Gasteiger partial charge in [-0.3, -0.25) is 4.79 Å². The van der Waals surface area contributed by atoms with Crippen molar-refractivity contribution in [2.45, 2.75) is 13.5 Å². The van der Waals surface area contributed by atoms with Crippen molar-refractivity contribution >= 4 is 17.8 Å². The molecule has 0 unspecified atom stereocenters. The molecule has 0 saturated heterocycles. The van der Waals surface area contributed by atoms with E-state index in [9.17, 15) is 4.79 Å². The van der Waals surface area contributed by atoms with Crippen LogP contribution in [0.1, 0.15) is 18.1 Å². The first kappa shape index (κ1) is 17.9. The Morgan fingerprint density at radius 3 is 2.40 bits per heavy atom. The number of hydrogen-bond donors (Lipinski definition) is 4. The molecule has 6 heteroatoms. The topological polar surface area (TPSA) is 116 Å². The molecule has 0 aliphatic rings. The van der Waals surface area contributed by atoms with E-state index in [4.69, 9.17) is 21.9 Å². The van der Waals surface area contributed by atoms with Gasteiger partial charge >= 0.3 is 0 Å². The Labute approximate surface area is 147 Å². The summed E-state index contributed by atoms with van der Waals surface area (Å²) in [7, 11) is 0. The molecule has 6 nitrogen and oxygen atoms in total. The number of amides is 1. The van der Waals surface area contributed by atoms with Gasteiger partial charge in [0, 0.05) is 16.9 Å². The Balaban J connectivity index is 2.15. The molecule has 0 spiro atoms. The minimum atomic E-state index is 0.227. The number of benzene rings is 2. The number of ether oxygens (including phenoxy) is 1. The van der Waals surface area contributed by atoms with Crippen LogP contribution in [0.5, 0.6) is 5.75 Å². The molecule has 0 heterocycles. The first-order valence-electron chi connectivity index (χ1n) is 7.71. The van der Waals surface area contributed by atoms with Crippen molar-refractivity contribution in [1.29, 1.82) is 0 Å². The predicted octanol–water partition coefficient (Wildman–Crippen LogP) is 2.28. The van der Waals surface area contributed by atoms with E-state index in [0.29, 0.717) is 30.0 Å². The van der Waals surface area contributed by atoms with Gasteiger partial charge in [0.2, 0.25) is 6.41 Å². The molecule has 2 aromatic carbocycles. The summed E-state index contributed by atoms with van der Waals surface area (Å²) in [4.78, 5) is 10.4. The first-order valence-corrected chi connectivity index (χ1v) is 7.71. The lowest BCUT2D eigenvalue weighted by Crippen LogP contribution is -2.11. The number of allylic oxidation sites excluding steroid dienone is 2. The lowest BCUT2D eigenvalue weighted by Gasteiger charge is -2.12. The maximum atomic E-state index is 10.4. The van der Waals surface area contributed by atoms with Crippen LogP contribution in [0.4, 0.5) is 5.69 Å². The summed E-state index contributed by atoms with van der Waals surface area (Å²) < 4.78 is 5.90. The highest BCUT2D eigenvalue weighted by Gasteiger charge is 2.07. The normalized spacial score (nSPS) is 10.8. The van der Waals surface area contributed by atoms with Crippen LogP contribution in [-0.4, -0.2) is 6.41 Å². The molecule has 7 N–H and O–H groups in total. The molecular weight excluding hydrogens is 316 g/mol. The van der Waals surface area contributed by atoms with Crippen molar-refractivity contribution in [2.75, 3.05) is 5.32 Å².